The lowest BCUT2D eigenvalue weighted by Crippen LogP contribution is -2.28. The molecule has 22 aromatic rings. The van der Waals surface area contributed by atoms with Crippen molar-refractivity contribution in [2.75, 3.05) is 0 Å². The van der Waals surface area contributed by atoms with E-state index in [1.165, 1.54) is 165 Å². The van der Waals surface area contributed by atoms with Crippen LogP contribution in [0.4, 0.5) is 0 Å². The maximum atomic E-state index is 6.39. The smallest absolute Gasteiger partial charge is 0.143 e. The highest BCUT2D eigenvalue weighted by molar-refractivity contribution is 6.17. The maximum absolute atomic E-state index is 6.39. The van der Waals surface area contributed by atoms with Gasteiger partial charge in [-0.15, -0.1) is 0 Å². The van der Waals surface area contributed by atoms with Gasteiger partial charge in [0.1, 0.15) is 22.3 Å². The molecule has 0 saturated carbocycles. The first-order valence-corrected chi connectivity index (χ1v) is 40.2. The number of fused-ring (bicyclic) bond motifs is 25. The molecule has 20 aromatic carbocycles. The summed E-state index contributed by atoms with van der Waals surface area (Å²) in [5.74, 6) is 0. The van der Waals surface area contributed by atoms with Gasteiger partial charge in [0.15, 0.2) is 0 Å². The third-order valence-electron chi connectivity index (χ3n) is 25.7. The van der Waals surface area contributed by atoms with Gasteiger partial charge in [-0.25, -0.2) is 0 Å². The summed E-state index contributed by atoms with van der Waals surface area (Å²) in [6.07, 6.45) is 0. The van der Waals surface area contributed by atoms with Crippen LogP contribution in [0, 0.1) is 0 Å². The van der Waals surface area contributed by atoms with Crippen molar-refractivity contribution in [3.05, 3.63) is 469 Å². The van der Waals surface area contributed by atoms with Crippen molar-refractivity contribution >= 4 is 87.0 Å². The third-order valence-corrected chi connectivity index (χ3v) is 25.7. The highest BCUT2D eigenvalue weighted by atomic mass is 16.3. The average Bonchev–Trinajstić information content (AvgIpc) is 1.51. The summed E-state index contributed by atoms with van der Waals surface area (Å²) in [4.78, 5) is 0. The molecule has 25 rings (SSSR count). The molecule has 0 unspecified atom stereocenters. The van der Waals surface area contributed by atoms with Crippen molar-refractivity contribution in [1.82, 2.24) is 0 Å². The Morgan fingerprint density at radius 3 is 0.845 bits per heavy atom. The third kappa shape index (κ3) is 9.71. The topological polar surface area (TPSA) is 26.3 Å². The van der Waals surface area contributed by atoms with E-state index in [0.29, 0.717) is 0 Å². The van der Waals surface area contributed by atoms with Gasteiger partial charge in [-0.1, -0.05) is 376 Å². The van der Waals surface area contributed by atoms with Crippen molar-refractivity contribution in [2.45, 2.75) is 10.8 Å². The Kier molecular flexibility index (Phi) is 14.6. The predicted octanol–water partition coefficient (Wildman–Crippen LogP) is 30.5. The highest BCUT2D eigenvalue weighted by Crippen LogP contribution is 2.64. The Hall–Kier alpha value is -15.0. The van der Waals surface area contributed by atoms with E-state index in [2.05, 4.69) is 400 Å². The summed E-state index contributed by atoms with van der Waals surface area (Å²) < 4.78 is 12.8. The summed E-state index contributed by atoms with van der Waals surface area (Å²) in [7, 11) is 0. The van der Waals surface area contributed by atoms with E-state index in [0.717, 1.165) is 66.1 Å². The molecule has 1 spiro atoms. The fourth-order valence-corrected chi connectivity index (χ4v) is 20.5. The number of rotatable bonds is 8. The first kappa shape index (κ1) is 65.7. The van der Waals surface area contributed by atoms with E-state index in [4.69, 9.17) is 8.83 Å². The van der Waals surface area contributed by atoms with Gasteiger partial charge in [-0.05, 0) is 225 Å². The predicted molar refractivity (Wildman–Crippen MR) is 484 cm³/mol. The zero-order valence-corrected chi connectivity index (χ0v) is 63.2. The van der Waals surface area contributed by atoms with Crippen LogP contribution in [0.1, 0.15) is 44.5 Å². The van der Waals surface area contributed by atoms with Crippen molar-refractivity contribution < 1.29 is 8.83 Å². The largest absolute Gasteiger partial charge is 0.455 e. The number of furan rings is 2. The molecule has 3 aliphatic carbocycles. The fourth-order valence-electron chi connectivity index (χ4n) is 20.5. The van der Waals surface area contributed by atoms with Crippen LogP contribution in [0.3, 0.4) is 0 Å². The minimum Gasteiger partial charge on any atom is -0.455 e. The molecule has 2 aromatic heterocycles. The molecule has 538 valence electrons. The van der Waals surface area contributed by atoms with Crippen LogP contribution < -0.4 is 0 Å². The van der Waals surface area contributed by atoms with Crippen LogP contribution in [0.25, 0.3) is 187 Å². The Morgan fingerprint density at radius 2 is 0.431 bits per heavy atom. The second-order valence-electron chi connectivity index (χ2n) is 31.5. The minimum atomic E-state index is -0.434. The number of para-hydroxylation sites is 4. The summed E-state index contributed by atoms with van der Waals surface area (Å²) in [6, 6.07) is 156. The Balaban J connectivity index is 0.000000133. The van der Waals surface area contributed by atoms with Gasteiger partial charge >= 0.3 is 0 Å². The van der Waals surface area contributed by atoms with Gasteiger partial charge in [-0.2, -0.15) is 0 Å². The Labute approximate surface area is 671 Å². The molecule has 0 aliphatic heterocycles. The van der Waals surface area contributed by atoms with Gasteiger partial charge in [0.2, 0.25) is 0 Å². The fraction of sp³-hybridized carbons (Fsp3) is 0.0175. The lowest BCUT2D eigenvalue weighted by atomic mass is 9.67. The van der Waals surface area contributed by atoms with Crippen LogP contribution in [0.5, 0.6) is 0 Å². The highest BCUT2D eigenvalue weighted by Gasteiger charge is 2.52. The van der Waals surface area contributed by atoms with Crippen LogP contribution in [0.15, 0.2) is 433 Å². The Bertz CT molecular complexity index is 7320. The number of hydrogen-bond acceptors (Lipinski definition) is 2. The van der Waals surface area contributed by atoms with E-state index >= 15 is 0 Å². The average molecular weight is 1470 g/mol. The molecule has 2 heteroatoms. The summed E-state index contributed by atoms with van der Waals surface area (Å²) in [6.45, 7) is 0. The molecule has 2 heterocycles. The second kappa shape index (κ2) is 25.8. The molecular formula is C114H70O2. The maximum Gasteiger partial charge on any atom is 0.143 e. The molecule has 0 fully saturated rings. The Morgan fingerprint density at radius 1 is 0.147 bits per heavy atom. The van der Waals surface area contributed by atoms with E-state index in [1.807, 2.05) is 24.3 Å². The standard InChI is InChI=1S/C57H34O.C57H36O/c1-2-13-42-41(12-1)49(36-26-24-35(25-27-36)40-18-11-19-48-47-17-6-10-23-55(47)58-56(40)48)33-39-29-28-37(32-50(39)42)38-30-31-46-45-16-5-9-22-53(45)57(54(46)34-38)51-20-7-3-14-43(51)44-15-4-8-21-52(44)57;1-3-14-42(15-4-1)57(43-16-5-2-6-17-43)53-24-11-9-20-47(53)48-33-32-40(36-54(48)57)39-30-31-41-35-51(45-18-7-8-19-46(45)52(41)34-39)38-28-26-37(27-29-38)44-22-13-23-50-49-21-10-12-25-55(49)58-56(44)50/h1-34H;1-36H. The molecule has 2 nitrogen and oxygen atoms in total. The molecule has 0 radical (unpaired) electrons. The minimum absolute atomic E-state index is 0.359. The van der Waals surface area contributed by atoms with E-state index in [9.17, 15) is 0 Å². The van der Waals surface area contributed by atoms with Crippen LogP contribution in [0.2, 0.25) is 0 Å². The quantitative estimate of drug-likeness (QED) is 0.142. The zero-order valence-electron chi connectivity index (χ0n) is 63.2. The van der Waals surface area contributed by atoms with Crippen LogP contribution >= 0.6 is 0 Å². The van der Waals surface area contributed by atoms with Crippen LogP contribution in [-0.4, -0.2) is 0 Å². The van der Waals surface area contributed by atoms with Crippen molar-refractivity contribution in [3.63, 3.8) is 0 Å². The van der Waals surface area contributed by atoms with E-state index in [1.54, 1.807) is 0 Å². The molecular weight excluding hydrogens is 1400 g/mol. The van der Waals surface area contributed by atoms with Crippen molar-refractivity contribution in [2.24, 2.45) is 0 Å². The molecule has 0 amide bonds. The van der Waals surface area contributed by atoms with Gasteiger partial charge in [-0.3, -0.25) is 0 Å². The molecule has 0 N–H and O–H groups in total. The zero-order chi connectivity index (χ0) is 76.2. The molecule has 0 bridgehead atoms. The van der Waals surface area contributed by atoms with Gasteiger partial charge in [0.25, 0.3) is 0 Å². The molecule has 0 atom stereocenters. The number of benzene rings is 20. The summed E-state index contributed by atoms with van der Waals surface area (Å²) >= 11 is 0. The van der Waals surface area contributed by atoms with Crippen LogP contribution in [-0.2, 0) is 10.8 Å². The van der Waals surface area contributed by atoms with Gasteiger partial charge in [0, 0.05) is 32.7 Å². The lowest BCUT2D eigenvalue weighted by molar-refractivity contribution is 0.669. The van der Waals surface area contributed by atoms with Gasteiger partial charge < -0.3 is 8.83 Å². The first-order valence-electron chi connectivity index (χ1n) is 40.2. The van der Waals surface area contributed by atoms with Gasteiger partial charge in [0.05, 0.1) is 10.8 Å². The SMILES string of the molecule is c1ccc(C2(c3ccccc3)c3ccccc3-c3ccc(-c4ccc5cc(-c6ccc(-c7cccc8c7oc7ccccc78)cc6)c6ccccc6c5c4)cc32)cc1.c1ccc2c(c1)-c1ccccc1C21c2ccccc2-c2ccc(-c3ccc4cc(-c5ccc(-c6cccc7c6oc6ccccc67)cc5)c5ccccc5c4c3)cc21. The summed E-state index contributed by atoms with van der Waals surface area (Å²) in [5.41, 5.74) is 35.8. The van der Waals surface area contributed by atoms with Crippen molar-refractivity contribution in [3.8, 4) is 100 Å². The normalized spacial score (nSPS) is 13.1. The molecule has 116 heavy (non-hydrogen) atoms. The monoisotopic (exact) mass is 1470 g/mol. The van der Waals surface area contributed by atoms with E-state index < -0.39 is 5.41 Å². The lowest BCUT2D eigenvalue weighted by Gasteiger charge is -2.34. The van der Waals surface area contributed by atoms with E-state index in [-0.39, 0.29) is 5.41 Å². The first-order chi connectivity index (χ1) is 57.5. The van der Waals surface area contributed by atoms with Crippen molar-refractivity contribution in [1.29, 1.82) is 0 Å². The number of hydrogen-bond donors (Lipinski definition) is 0. The molecule has 3 aliphatic rings. The summed E-state index contributed by atoms with van der Waals surface area (Å²) in [5, 5.41) is 14.6. The molecule has 0 saturated heterocycles. The second-order valence-corrected chi connectivity index (χ2v) is 31.5.